The SMILES string of the molecule is CC1Cc2ccccc2N1c1nccc(Nc2ccccc2C(F)(F)F)n1. The van der Waals surface area contributed by atoms with Crippen LogP contribution >= 0.6 is 0 Å². The zero-order valence-electron chi connectivity index (χ0n) is 14.5. The van der Waals surface area contributed by atoms with Crippen LogP contribution in [0.3, 0.4) is 0 Å². The Morgan fingerprint density at radius 2 is 1.78 bits per heavy atom. The quantitative estimate of drug-likeness (QED) is 0.677. The molecule has 1 unspecified atom stereocenters. The Bertz CT molecular complexity index is 971. The maximum absolute atomic E-state index is 13.2. The van der Waals surface area contributed by atoms with Crippen LogP contribution in [-0.2, 0) is 12.6 Å². The average molecular weight is 370 g/mol. The van der Waals surface area contributed by atoms with E-state index < -0.39 is 11.7 Å². The number of anilines is 4. The van der Waals surface area contributed by atoms with Crippen LogP contribution in [0.1, 0.15) is 18.1 Å². The summed E-state index contributed by atoms with van der Waals surface area (Å²) in [5.41, 5.74) is 1.46. The molecule has 3 aromatic rings. The molecule has 1 N–H and O–H groups in total. The van der Waals surface area contributed by atoms with Gasteiger partial charge in [0.2, 0.25) is 5.95 Å². The molecule has 2 heterocycles. The Morgan fingerprint density at radius 3 is 2.59 bits per heavy atom. The number of para-hydroxylation sites is 2. The van der Waals surface area contributed by atoms with E-state index in [1.807, 2.05) is 23.1 Å². The van der Waals surface area contributed by atoms with Crippen molar-refractivity contribution in [2.75, 3.05) is 10.2 Å². The first kappa shape index (κ1) is 17.3. The predicted octanol–water partition coefficient (Wildman–Crippen LogP) is 5.32. The van der Waals surface area contributed by atoms with Crippen molar-refractivity contribution in [2.45, 2.75) is 25.6 Å². The highest BCUT2D eigenvalue weighted by molar-refractivity contribution is 5.68. The van der Waals surface area contributed by atoms with Gasteiger partial charge < -0.3 is 10.2 Å². The lowest BCUT2D eigenvalue weighted by atomic mass is 10.1. The molecule has 0 saturated carbocycles. The van der Waals surface area contributed by atoms with E-state index in [0.717, 1.165) is 18.2 Å². The van der Waals surface area contributed by atoms with Gasteiger partial charge >= 0.3 is 6.18 Å². The molecule has 4 nitrogen and oxygen atoms in total. The zero-order chi connectivity index (χ0) is 19.0. The van der Waals surface area contributed by atoms with Crippen molar-refractivity contribution in [3.05, 3.63) is 71.9 Å². The van der Waals surface area contributed by atoms with Crippen LogP contribution in [0.4, 0.5) is 36.3 Å². The number of halogens is 3. The van der Waals surface area contributed by atoms with Crippen LogP contribution in [0.5, 0.6) is 0 Å². The van der Waals surface area contributed by atoms with Crippen molar-refractivity contribution in [1.82, 2.24) is 9.97 Å². The molecular formula is C20H17F3N4. The van der Waals surface area contributed by atoms with Gasteiger partial charge in [0.15, 0.2) is 0 Å². The van der Waals surface area contributed by atoms with Crippen molar-refractivity contribution < 1.29 is 13.2 Å². The summed E-state index contributed by atoms with van der Waals surface area (Å²) < 4.78 is 39.6. The summed E-state index contributed by atoms with van der Waals surface area (Å²) in [5, 5.41) is 2.78. The normalized spacial score (nSPS) is 16.3. The molecule has 1 aliphatic heterocycles. The lowest BCUT2D eigenvalue weighted by Crippen LogP contribution is -2.26. The lowest BCUT2D eigenvalue weighted by Gasteiger charge is -2.23. The Balaban J connectivity index is 1.67. The summed E-state index contributed by atoms with van der Waals surface area (Å²) in [7, 11) is 0. The maximum Gasteiger partial charge on any atom is 0.418 e. The maximum atomic E-state index is 13.2. The highest BCUT2D eigenvalue weighted by Crippen LogP contribution is 2.38. The fourth-order valence-corrected chi connectivity index (χ4v) is 3.38. The third kappa shape index (κ3) is 3.32. The van der Waals surface area contributed by atoms with Crippen molar-refractivity contribution in [3.63, 3.8) is 0 Å². The van der Waals surface area contributed by atoms with Crippen LogP contribution in [-0.4, -0.2) is 16.0 Å². The number of fused-ring (bicyclic) bond motifs is 1. The van der Waals surface area contributed by atoms with Crippen molar-refractivity contribution in [3.8, 4) is 0 Å². The number of alkyl halides is 3. The van der Waals surface area contributed by atoms with E-state index in [0.29, 0.717) is 11.8 Å². The summed E-state index contributed by atoms with van der Waals surface area (Å²) in [6.45, 7) is 2.07. The first-order valence-electron chi connectivity index (χ1n) is 8.57. The number of nitrogens with one attached hydrogen (secondary N) is 1. The minimum absolute atomic E-state index is 0.0375. The number of benzene rings is 2. The molecule has 0 spiro atoms. The van der Waals surface area contributed by atoms with Crippen LogP contribution < -0.4 is 10.2 Å². The molecule has 0 fully saturated rings. The number of rotatable bonds is 3. The van der Waals surface area contributed by atoms with Crippen LogP contribution in [0, 0.1) is 0 Å². The molecule has 4 rings (SSSR count). The first-order chi connectivity index (χ1) is 12.9. The lowest BCUT2D eigenvalue weighted by molar-refractivity contribution is -0.136. The summed E-state index contributed by atoms with van der Waals surface area (Å²) in [5.74, 6) is 0.773. The van der Waals surface area contributed by atoms with Crippen molar-refractivity contribution in [2.24, 2.45) is 0 Å². The Morgan fingerprint density at radius 1 is 1.04 bits per heavy atom. The summed E-state index contributed by atoms with van der Waals surface area (Å²) >= 11 is 0. The minimum Gasteiger partial charge on any atom is -0.340 e. The first-order valence-corrected chi connectivity index (χ1v) is 8.57. The van der Waals surface area contributed by atoms with Crippen LogP contribution in [0.25, 0.3) is 0 Å². The molecule has 0 amide bonds. The van der Waals surface area contributed by atoms with Gasteiger partial charge in [-0.05, 0) is 43.2 Å². The van der Waals surface area contributed by atoms with E-state index >= 15 is 0 Å². The zero-order valence-corrected chi connectivity index (χ0v) is 14.5. The van der Waals surface area contributed by atoms with Gasteiger partial charge in [-0.1, -0.05) is 30.3 Å². The van der Waals surface area contributed by atoms with E-state index in [1.54, 1.807) is 18.3 Å². The van der Waals surface area contributed by atoms with Gasteiger partial charge in [-0.3, -0.25) is 0 Å². The largest absolute Gasteiger partial charge is 0.418 e. The number of hydrogen-bond donors (Lipinski definition) is 1. The second-order valence-electron chi connectivity index (χ2n) is 6.46. The number of hydrogen-bond acceptors (Lipinski definition) is 4. The topological polar surface area (TPSA) is 41.1 Å². The molecule has 1 aliphatic rings. The van der Waals surface area contributed by atoms with Gasteiger partial charge in [0.1, 0.15) is 5.82 Å². The standard InChI is InChI=1S/C20H17F3N4/c1-13-12-14-6-2-5-9-17(14)27(13)19-24-11-10-18(26-19)25-16-8-4-3-7-15(16)20(21,22)23/h2-11,13H,12H2,1H3,(H,24,25,26). The second-order valence-corrected chi connectivity index (χ2v) is 6.46. The second kappa shape index (κ2) is 6.57. The van der Waals surface area contributed by atoms with E-state index in [-0.39, 0.29) is 11.7 Å². The van der Waals surface area contributed by atoms with Gasteiger partial charge in [0, 0.05) is 17.9 Å². The Labute approximate surface area is 154 Å². The van der Waals surface area contributed by atoms with Crippen LogP contribution in [0.15, 0.2) is 60.8 Å². The van der Waals surface area contributed by atoms with Crippen molar-refractivity contribution >= 4 is 23.1 Å². The molecular weight excluding hydrogens is 353 g/mol. The summed E-state index contributed by atoms with van der Waals surface area (Å²) in [6.07, 6.45) is -2.02. The number of aromatic nitrogens is 2. The predicted molar refractivity (Wildman–Crippen MR) is 98.5 cm³/mol. The van der Waals surface area contributed by atoms with E-state index in [2.05, 4.69) is 28.3 Å². The van der Waals surface area contributed by atoms with Gasteiger partial charge in [0.05, 0.1) is 11.3 Å². The smallest absolute Gasteiger partial charge is 0.340 e. The fraction of sp³-hybridized carbons (Fsp3) is 0.200. The van der Waals surface area contributed by atoms with Crippen LogP contribution in [0.2, 0.25) is 0 Å². The highest BCUT2D eigenvalue weighted by atomic mass is 19.4. The molecule has 0 bridgehead atoms. The molecule has 27 heavy (non-hydrogen) atoms. The molecule has 2 aromatic carbocycles. The molecule has 0 radical (unpaired) electrons. The van der Waals surface area contributed by atoms with Gasteiger partial charge in [-0.25, -0.2) is 4.98 Å². The Kier molecular flexibility index (Phi) is 4.22. The minimum atomic E-state index is -4.44. The summed E-state index contributed by atoms with van der Waals surface area (Å²) in [4.78, 5) is 10.8. The number of nitrogens with zero attached hydrogens (tertiary/aromatic N) is 3. The van der Waals surface area contributed by atoms with Crippen molar-refractivity contribution in [1.29, 1.82) is 0 Å². The molecule has 138 valence electrons. The monoisotopic (exact) mass is 370 g/mol. The van der Waals surface area contributed by atoms with Gasteiger partial charge in [0.25, 0.3) is 0 Å². The third-order valence-electron chi connectivity index (χ3n) is 4.56. The van der Waals surface area contributed by atoms with E-state index in [4.69, 9.17) is 0 Å². The molecule has 0 aliphatic carbocycles. The van der Waals surface area contributed by atoms with Gasteiger partial charge in [-0.15, -0.1) is 0 Å². The van der Waals surface area contributed by atoms with E-state index in [1.165, 1.54) is 17.7 Å². The molecule has 0 saturated heterocycles. The fourth-order valence-electron chi connectivity index (χ4n) is 3.38. The Hall–Kier alpha value is -3.09. The summed E-state index contributed by atoms with van der Waals surface area (Å²) in [6, 6.07) is 15.1. The highest BCUT2D eigenvalue weighted by Gasteiger charge is 2.33. The molecule has 7 heteroatoms. The average Bonchev–Trinajstić information content (AvgIpc) is 2.97. The van der Waals surface area contributed by atoms with E-state index in [9.17, 15) is 13.2 Å². The molecule has 1 aromatic heterocycles. The third-order valence-corrected chi connectivity index (χ3v) is 4.56. The van der Waals surface area contributed by atoms with Gasteiger partial charge in [-0.2, -0.15) is 18.2 Å². The molecule has 1 atom stereocenters.